The molecule has 2 amide bonds. The molecule has 0 aliphatic carbocycles. The van der Waals surface area contributed by atoms with Gasteiger partial charge in [-0.3, -0.25) is 14.6 Å². The Balaban J connectivity index is 1.84. The molecule has 5 rings (SSSR count). The number of aromatic nitrogens is 2. The molecule has 0 radical (unpaired) electrons. The molecule has 0 unspecified atom stereocenters. The average molecular weight is 532 g/mol. The maximum atomic E-state index is 14.2. The van der Waals surface area contributed by atoms with Gasteiger partial charge in [0.25, 0.3) is 11.8 Å². The summed E-state index contributed by atoms with van der Waals surface area (Å²) in [4.78, 5) is 36.5. The first-order valence-corrected chi connectivity index (χ1v) is 18.8. The van der Waals surface area contributed by atoms with Crippen molar-refractivity contribution in [1.82, 2.24) is 14.5 Å². The van der Waals surface area contributed by atoms with E-state index >= 15 is 0 Å². The van der Waals surface area contributed by atoms with Gasteiger partial charge in [-0.1, -0.05) is 60.7 Å². The zero-order valence-corrected chi connectivity index (χ0v) is 25.6. The summed E-state index contributed by atoms with van der Waals surface area (Å²) in [6.07, 6.45) is 1.73. The molecule has 37 heavy (non-hydrogen) atoms. The molecule has 1 N–H and O–H groups in total. The maximum Gasteiger partial charge on any atom is 0.254 e. The highest BCUT2D eigenvalue weighted by atomic mass is 28.4. The third-order valence-electron chi connectivity index (χ3n) is 8.99. The maximum absolute atomic E-state index is 14.2. The summed E-state index contributed by atoms with van der Waals surface area (Å²) in [5.41, 5.74) is 3.34. The number of hydrogen-bond donors (Lipinski definition) is 1. The van der Waals surface area contributed by atoms with Crippen LogP contribution in [0, 0.1) is 0 Å². The summed E-state index contributed by atoms with van der Waals surface area (Å²) in [6, 6.07) is 9.75. The van der Waals surface area contributed by atoms with E-state index in [1.54, 1.807) is 10.8 Å². The van der Waals surface area contributed by atoms with Crippen molar-refractivity contribution in [3.8, 4) is 5.75 Å². The van der Waals surface area contributed by atoms with E-state index in [9.17, 15) is 9.59 Å². The van der Waals surface area contributed by atoms with Crippen LogP contribution in [0.2, 0.25) is 36.3 Å². The van der Waals surface area contributed by atoms with Gasteiger partial charge in [0.2, 0.25) is 8.32 Å². The van der Waals surface area contributed by atoms with E-state index in [0.717, 1.165) is 27.6 Å². The summed E-state index contributed by atoms with van der Waals surface area (Å²) in [7, 11) is -4.57. The molecule has 0 saturated carbocycles. The quantitative estimate of drug-likeness (QED) is 0.216. The smallest absolute Gasteiger partial charge is 0.254 e. The third-order valence-corrected chi connectivity index (χ3v) is 18.5. The van der Waals surface area contributed by atoms with Crippen molar-refractivity contribution in [2.24, 2.45) is 0 Å². The number of H-pyrrole nitrogens is 1. The fraction of sp³-hybridized carbons (Fsp3) is 0.414. The molecule has 0 spiro atoms. The minimum absolute atomic E-state index is 0.0512. The Hall–Kier alpha value is -2.98. The number of carbonyl (C=O) groups is 2. The van der Waals surface area contributed by atoms with E-state index < -0.39 is 16.6 Å². The summed E-state index contributed by atoms with van der Waals surface area (Å²) in [5.74, 6) is 0.390. The van der Waals surface area contributed by atoms with E-state index in [2.05, 4.69) is 77.7 Å². The van der Waals surface area contributed by atoms with Crippen molar-refractivity contribution < 1.29 is 14.0 Å². The molecular formula is C29H37N3O3Si2. The Labute approximate surface area is 220 Å². The van der Waals surface area contributed by atoms with Crippen molar-refractivity contribution in [2.75, 3.05) is 0 Å². The molecule has 4 aromatic rings. The predicted molar refractivity (Wildman–Crippen MR) is 157 cm³/mol. The normalized spacial score (nSPS) is 15.4. The zero-order valence-electron chi connectivity index (χ0n) is 23.6. The number of pyridine rings is 1. The monoisotopic (exact) mass is 531 g/mol. The molecule has 2 aromatic carbocycles. The lowest BCUT2D eigenvalue weighted by Crippen LogP contribution is -2.57. The van der Waals surface area contributed by atoms with Gasteiger partial charge < -0.3 is 14.0 Å². The van der Waals surface area contributed by atoms with Crippen LogP contribution in [-0.2, 0) is 0 Å². The third kappa shape index (κ3) is 3.60. The van der Waals surface area contributed by atoms with Crippen LogP contribution in [0.3, 0.4) is 0 Å². The van der Waals surface area contributed by atoms with Crippen molar-refractivity contribution >= 4 is 61.1 Å². The number of aromatic amines is 1. The molecule has 1 aliphatic heterocycles. The first-order valence-electron chi connectivity index (χ1n) is 12.9. The Bertz CT molecular complexity index is 1620. The molecule has 0 bridgehead atoms. The first-order chi connectivity index (χ1) is 17.0. The van der Waals surface area contributed by atoms with Gasteiger partial charge in [0.1, 0.15) is 5.75 Å². The Kier molecular flexibility index (Phi) is 5.39. The largest absolute Gasteiger partial charge is 0.543 e. The molecule has 0 fully saturated rings. The summed E-state index contributed by atoms with van der Waals surface area (Å²) in [6.45, 7) is 21.7. The molecule has 6 nitrogen and oxygen atoms in total. The minimum Gasteiger partial charge on any atom is -0.543 e. The van der Waals surface area contributed by atoms with Crippen molar-refractivity contribution in [2.45, 2.75) is 77.8 Å². The number of amides is 2. The second-order valence-corrected chi connectivity index (χ2v) is 23.1. The molecule has 3 heterocycles. The van der Waals surface area contributed by atoms with Crippen LogP contribution < -0.4 is 4.43 Å². The molecule has 0 atom stereocenters. The van der Waals surface area contributed by atoms with Crippen LogP contribution in [-0.4, -0.2) is 42.9 Å². The Morgan fingerprint density at radius 3 is 2.14 bits per heavy atom. The fourth-order valence-electron chi connectivity index (χ4n) is 4.78. The van der Waals surface area contributed by atoms with E-state index in [0.29, 0.717) is 22.0 Å². The van der Waals surface area contributed by atoms with Gasteiger partial charge in [0.15, 0.2) is 8.24 Å². The average Bonchev–Trinajstić information content (AvgIpc) is 3.27. The van der Waals surface area contributed by atoms with Crippen LogP contribution >= 0.6 is 0 Å². The van der Waals surface area contributed by atoms with Crippen LogP contribution in [0.4, 0.5) is 0 Å². The Morgan fingerprint density at radius 2 is 1.51 bits per heavy atom. The number of fused-ring (bicyclic) bond motifs is 8. The molecule has 8 heteroatoms. The number of benzene rings is 2. The van der Waals surface area contributed by atoms with E-state index in [1.165, 1.54) is 0 Å². The second kappa shape index (κ2) is 7.77. The lowest BCUT2D eigenvalue weighted by Gasteiger charge is -2.42. The lowest BCUT2D eigenvalue weighted by molar-refractivity contribution is 0.0747. The molecule has 0 saturated heterocycles. The van der Waals surface area contributed by atoms with Gasteiger partial charge in [-0.15, -0.1) is 0 Å². The fourth-order valence-corrected chi connectivity index (χ4v) is 7.71. The van der Waals surface area contributed by atoms with Crippen LogP contribution in [0.15, 0.2) is 36.5 Å². The van der Waals surface area contributed by atoms with Crippen LogP contribution in [0.1, 0.15) is 62.3 Å². The number of carbonyl (C=O) groups excluding carboxylic acids is 2. The van der Waals surface area contributed by atoms with Gasteiger partial charge in [-0.2, -0.15) is 0 Å². The Morgan fingerprint density at radius 1 is 0.865 bits per heavy atom. The van der Waals surface area contributed by atoms with E-state index in [4.69, 9.17) is 4.43 Å². The summed E-state index contributed by atoms with van der Waals surface area (Å²) in [5, 5.41) is 2.23. The van der Waals surface area contributed by atoms with Gasteiger partial charge in [0, 0.05) is 27.9 Å². The highest BCUT2D eigenvalue weighted by Gasteiger charge is 2.52. The molecule has 1 aliphatic rings. The zero-order chi connectivity index (χ0) is 27.3. The van der Waals surface area contributed by atoms with E-state index in [-0.39, 0.29) is 21.9 Å². The first kappa shape index (κ1) is 25.7. The second-order valence-electron chi connectivity index (χ2n) is 13.3. The topological polar surface area (TPSA) is 75.3 Å². The number of imide groups is 1. The minimum atomic E-state index is -2.50. The van der Waals surface area contributed by atoms with Crippen LogP contribution in [0.25, 0.3) is 32.7 Å². The summed E-state index contributed by atoms with van der Waals surface area (Å²) >= 11 is 0. The number of nitrogens with one attached hydrogen (secondary N) is 1. The van der Waals surface area contributed by atoms with Gasteiger partial charge in [-0.05, 0) is 47.4 Å². The predicted octanol–water partition coefficient (Wildman–Crippen LogP) is 7.85. The lowest BCUT2D eigenvalue weighted by atomic mass is 9.97. The van der Waals surface area contributed by atoms with Crippen molar-refractivity contribution in [1.29, 1.82) is 0 Å². The standard InChI is InChI=1S/C29H37N3O3Si2/c1-28(2,3)36(7,8)32-26(33)22-18-12-11-15-30-24(18)25-21(23(22)27(32)34)19-16-17(13-14-20(19)31-25)35-37(9,10)29(4,5)6/h11-16,31H,1-10H3. The highest BCUT2D eigenvalue weighted by Crippen LogP contribution is 2.47. The van der Waals surface area contributed by atoms with Crippen molar-refractivity contribution in [3.63, 3.8) is 0 Å². The SMILES string of the molecule is CC(C)(C)[Si](C)(C)Oc1ccc2[nH]c3c4ncccc4c4c(c3c2c1)C(=O)N([Si](C)(C)C(C)(C)C)C4=O. The van der Waals surface area contributed by atoms with Gasteiger partial charge in [0.05, 0.1) is 22.2 Å². The molecular weight excluding hydrogens is 495 g/mol. The van der Waals surface area contributed by atoms with Gasteiger partial charge in [-0.25, -0.2) is 0 Å². The number of hydrogen-bond acceptors (Lipinski definition) is 4. The highest BCUT2D eigenvalue weighted by molar-refractivity contribution is 6.83. The number of rotatable bonds is 3. The molecule has 2 aromatic heterocycles. The van der Waals surface area contributed by atoms with E-state index in [1.807, 2.05) is 30.3 Å². The number of nitrogens with zero attached hydrogens (tertiary/aromatic N) is 2. The van der Waals surface area contributed by atoms with Crippen LogP contribution in [0.5, 0.6) is 5.75 Å². The van der Waals surface area contributed by atoms with Gasteiger partial charge >= 0.3 is 0 Å². The van der Waals surface area contributed by atoms with Crippen molar-refractivity contribution in [3.05, 3.63) is 47.7 Å². The molecule has 194 valence electrons. The summed E-state index contributed by atoms with van der Waals surface area (Å²) < 4.78 is 8.22.